The largest absolute Gasteiger partial charge is 0.492 e. The Kier molecular flexibility index (Phi) is 3.05. The van der Waals surface area contributed by atoms with Crippen LogP contribution in [0.5, 0.6) is 5.88 Å². The molecule has 0 fully saturated rings. The number of hydrogen-bond donors (Lipinski definition) is 1. The molecule has 0 aliphatic rings. The molecule has 0 radical (unpaired) electrons. The fourth-order valence-corrected chi connectivity index (χ4v) is 1.97. The molecule has 3 rings (SSSR count). The number of esters is 1. The molecule has 0 saturated heterocycles. The lowest BCUT2D eigenvalue weighted by molar-refractivity contribution is 0.0519. The highest BCUT2D eigenvalue weighted by Crippen LogP contribution is 2.23. The second kappa shape index (κ2) is 4.89. The van der Waals surface area contributed by atoms with E-state index in [2.05, 4.69) is 15.2 Å². The van der Waals surface area contributed by atoms with Gasteiger partial charge < -0.3 is 9.84 Å². The van der Waals surface area contributed by atoms with Crippen molar-refractivity contribution < 1.29 is 14.6 Å². The highest BCUT2D eigenvalue weighted by Gasteiger charge is 2.16. The van der Waals surface area contributed by atoms with Crippen LogP contribution >= 0.6 is 0 Å². The molecule has 0 amide bonds. The van der Waals surface area contributed by atoms with Gasteiger partial charge in [0.1, 0.15) is 5.52 Å². The van der Waals surface area contributed by atoms with Gasteiger partial charge in [0.05, 0.1) is 24.7 Å². The minimum absolute atomic E-state index is 0.122. The van der Waals surface area contributed by atoms with E-state index in [0.29, 0.717) is 11.2 Å². The first-order valence-electron chi connectivity index (χ1n) is 6.34. The Bertz CT molecular complexity index is 820. The summed E-state index contributed by atoms with van der Waals surface area (Å²) in [5.41, 5.74) is 1.71. The maximum atomic E-state index is 11.7. The first kappa shape index (κ1) is 13.1. The summed E-state index contributed by atoms with van der Waals surface area (Å²) in [5, 5.41) is 18.1. The molecule has 0 bridgehead atoms. The van der Waals surface area contributed by atoms with Crippen molar-refractivity contribution in [2.75, 3.05) is 6.61 Å². The third kappa shape index (κ3) is 2.31. The molecule has 0 aromatic carbocycles. The van der Waals surface area contributed by atoms with Crippen molar-refractivity contribution >= 4 is 11.5 Å². The van der Waals surface area contributed by atoms with Gasteiger partial charge in [-0.2, -0.15) is 10.2 Å². The van der Waals surface area contributed by atoms with Crippen molar-refractivity contribution in [3.05, 3.63) is 30.4 Å². The number of rotatable bonds is 3. The van der Waals surface area contributed by atoms with E-state index in [-0.39, 0.29) is 18.2 Å². The molecule has 0 atom stereocenters. The highest BCUT2D eigenvalue weighted by molar-refractivity contribution is 5.89. The third-order valence-electron chi connectivity index (χ3n) is 2.92. The molecule has 3 heterocycles. The summed E-state index contributed by atoms with van der Waals surface area (Å²) in [6, 6.07) is 1.44. The van der Waals surface area contributed by atoms with E-state index in [4.69, 9.17) is 4.74 Å². The van der Waals surface area contributed by atoms with E-state index >= 15 is 0 Å². The van der Waals surface area contributed by atoms with E-state index in [0.717, 1.165) is 5.56 Å². The lowest BCUT2D eigenvalue weighted by Crippen LogP contribution is -2.05. The minimum Gasteiger partial charge on any atom is -0.492 e. The molecule has 21 heavy (non-hydrogen) atoms. The van der Waals surface area contributed by atoms with E-state index in [1.54, 1.807) is 37.2 Å². The molecule has 0 aliphatic heterocycles. The zero-order chi connectivity index (χ0) is 15.0. The molecule has 108 valence electrons. The number of fused-ring (bicyclic) bond motifs is 1. The third-order valence-corrected chi connectivity index (χ3v) is 2.92. The number of aromatic nitrogens is 5. The monoisotopic (exact) mass is 287 g/mol. The lowest BCUT2D eigenvalue weighted by atomic mass is 10.2. The SMILES string of the molecule is CCOC(=O)c1cc2c(O)nc(-c3cnn(C)c3)cn2n1. The average molecular weight is 287 g/mol. The molecular formula is C13H13N5O3. The van der Waals surface area contributed by atoms with Crippen molar-refractivity contribution in [2.45, 2.75) is 6.92 Å². The maximum absolute atomic E-state index is 11.7. The number of carbonyl (C=O) groups is 1. The van der Waals surface area contributed by atoms with Gasteiger partial charge in [-0.1, -0.05) is 0 Å². The number of carbonyl (C=O) groups excluding carboxylic acids is 1. The Labute approximate surface area is 119 Å². The summed E-state index contributed by atoms with van der Waals surface area (Å²) >= 11 is 0. The lowest BCUT2D eigenvalue weighted by Gasteiger charge is -2.00. The Morgan fingerprint density at radius 3 is 2.90 bits per heavy atom. The zero-order valence-corrected chi connectivity index (χ0v) is 11.5. The Balaban J connectivity index is 2.09. The summed E-state index contributed by atoms with van der Waals surface area (Å²) in [6.07, 6.45) is 5.02. The Morgan fingerprint density at radius 2 is 2.24 bits per heavy atom. The average Bonchev–Trinajstić information content (AvgIpc) is 3.05. The van der Waals surface area contributed by atoms with Crippen LogP contribution in [0.2, 0.25) is 0 Å². The number of ether oxygens (including phenoxy) is 1. The van der Waals surface area contributed by atoms with E-state index in [9.17, 15) is 9.90 Å². The highest BCUT2D eigenvalue weighted by atomic mass is 16.5. The molecular weight excluding hydrogens is 274 g/mol. The van der Waals surface area contributed by atoms with Gasteiger partial charge in [-0.25, -0.2) is 14.3 Å². The summed E-state index contributed by atoms with van der Waals surface area (Å²) < 4.78 is 7.92. The molecule has 1 N–H and O–H groups in total. The molecule has 0 spiro atoms. The van der Waals surface area contributed by atoms with Crippen LogP contribution in [0.3, 0.4) is 0 Å². The smallest absolute Gasteiger partial charge is 0.358 e. The van der Waals surface area contributed by atoms with Crippen LogP contribution in [0.4, 0.5) is 0 Å². The summed E-state index contributed by atoms with van der Waals surface area (Å²) in [7, 11) is 1.79. The maximum Gasteiger partial charge on any atom is 0.358 e. The number of hydrogen-bond acceptors (Lipinski definition) is 6. The van der Waals surface area contributed by atoms with Crippen LogP contribution in [0.25, 0.3) is 16.8 Å². The van der Waals surface area contributed by atoms with Crippen LogP contribution in [0, 0.1) is 0 Å². The molecule has 8 heteroatoms. The van der Waals surface area contributed by atoms with Crippen molar-refractivity contribution in [3.63, 3.8) is 0 Å². The first-order chi connectivity index (χ1) is 10.1. The molecule has 0 aliphatic carbocycles. The van der Waals surface area contributed by atoms with Crippen LogP contribution in [0.15, 0.2) is 24.7 Å². The van der Waals surface area contributed by atoms with Crippen molar-refractivity contribution in [1.82, 2.24) is 24.4 Å². The van der Waals surface area contributed by atoms with E-state index in [1.165, 1.54) is 10.6 Å². The van der Waals surface area contributed by atoms with Gasteiger partial charge in [0.15, 0.2) is 5.69 Å². The Hall–Kier alpha value is -2.90. The zero-order valence-electron chi connectivity index (χ0n) is 11.5. The fourth-order valence-electron chi connectivity index (χ4n) is 1.97. The van der Waals surface area contributed by atoms with Gasteiger partial charge in [0.25, 0.3) is 0 Å². The molecule has 0 unspecified atom stereocenters. The second-order valence-electron chi connectivity index (χ2n) is 4.43. The summed E-state index contributed by atoms with van der Waals surface area (Å²) in [6.45, 7) is 1.98. The number of aromatic hydroxyl groups is 1. The summed E-state index contributed by atoms with van der Waals surface area (Å²) in [4.78, 5) is 15.8. The summed E-state index contributed by atoms with van der Waals surface area (Å²) in [5.74, 6) is -0.747. The Morgan fingerprint density at radius 1 is 1.43 bits per heavy atom. The van der Waals surface area contributed by atoms with Gasteiger partial charge in [-0.05, 0) is 6.92 Å². The van der Waals surface area contributed by atoms with Crippen LogP contribution in [-0.2, 0) is 11.8 Å². The predicted molar refractivity (Wildman–Crippen MR) is 72.8 cm³/mol. The van der Waals surface area contributed by atoms with Crippen molar-refractivity contribution in [3.8, 4) is 17.1 Å². The fraction of sp³-hybridized carbons (Fsp3) is 0.231. The standard InChI is InChI=1S/C13H13N5O3/c1-3-21-13(20)9-4-11-12(19)15-10(7-18(11)16-9)8-5-14-17(2)6-8/h4-7H,3H2,1-2H3,(H,15,19). The number of nitrogens with zero attached hydrogens (tertiary/aromatic N) is 5. The van der Waals surface area contributed by atoms with Gasteiger partial charge in [-0.15, -0.1) is 0 Å². The normalized spacial score (nSPS) is 11.0. The van der Waals surface area contributed by atoms with Crippen molar-refractivity contribution in [2.24, 2.45) is 7.05 Å². The van der Waals surface area contributed by atoms with Gasteiger partial charge >= 0.3 is 5.97 Å². The van der Waals surface area contributed by atoms with Crippen LogP contribution in [-0.4, -0.2) is 42.1 Å². The topological polar surface area (TPSA) is 94.5 Å². The van der Waals surface area contributed by atoms with Gasteiger partial charge in [0.2, 0.25) is 5.88 Å². The van der Waals surface area contributed by atoms with Gasteiger partial charge in [0, 0.05) is 24.9 Å². The van der Waals surface area contributed by atoms with Gasteiger partial charge in [-0.3, -0.25) is 4.68 Å². The predicted octanol–water partition coefficient (Wildman–Crippen LogP) is 1.01. The molecule has 8 nitrogen and oxygen atoms in total. The van der Waals surface area contributed by atoms with Crippen LogP contribution < -0.4 is 0 Å². The van der Waals surface area contributed by atoms with Crippen LogP contribution in [0.1, 0.15) is 17.4 Å². The molecule has 3 aromatic rings. The van der Waals surface area contributed by atoms with E-state index in [1.807, 2.05) is 0 Å². The van der Waals surface area contributed by atoms with Crippen molar-refractivity contribution in [1.29, 1.82) is 0 Å². The minimum atomic E-state index is -0.538. The second-order valence-corrected chi connectivity index (χ2v) is 4.43. The molecule has 0 saturated carbocycles. The molecule has 3 aromatic heterocycles. The van der Waals surface area contributed by atoms with E-state index < -0.39 is 5.97 Å². The quantitative estimate of drug-likeness (QED) is 0.722. The first-order valence-corrected chi connectivity index (χ1v) is 6.34. The number of aryl methyl sites for hydroxylation is 1.